The second kappa shape index (κ2) is 6.16. The fraction of sp³-hybridized carbons (Fsp3) is 0.455. The van der Waals surface area contributed by atoms with Gasteiger partial charge in [0.05, 0.1) is 9.35 Å². The second-order valence-corrected chi connectivity index (χ2v) is 6.10. The van der Waals surface area contributed by atoms with E-state index in [-0.39, 0.29) is 11.8 Å². The molecule has 0 unspecified atom stereocenters. The maximum Gasteiger partial charge on any atom is 0.326 e. The molecule has 0 radical (unpaired) electrons. The molecular formula is C11H14BrNO3S. The molecule has 1 rings (SSSR count). The topological polar surface area (TPSA) is 66.4 Å². The molecule has 0 aliphatic carbocycles. The van der Waals surface area contributed by atoms with Crippen molar-refractivity contribution in [3.05, 3.63) is 20.8 Å². The average molecular weight is 320 g/mol. The van der Waals surface area contributed by atoms with Gasteiger partial charge in [-0.3, -0.25) is 4.79 Å². The van der Waals surface area contributed by atoms with Crippen LogP contribution in [0.1, 0.15) is 30.6 Å². The normalized spacial score (nSPS) is 14.1. The molecule has 94 valence electrons. The van der Waals surface area contributed by atoms with Crippen molar-refractivity contribution in [2.75, 3.05) is 0 Å². The molecule has 2 atom stereocenters. The molecule has 0 fully saturated rings. The molecule has 17 heavy (non-hydrogen) atoms. The molecule has 0 aliphatic heterocycles. The summed E-state index contributed by atoms with van der Waals surface area (Å²) in [6.07, 6.45) is 0.699. The number of aliphatic carboxylic acids is 1. The van der Waals surface area contributed by atoms with Crippen molar-refractivity contribution in [3.8, 4) is 0 Å². The summed E-state index contributed by atoms with van der Waals surface area (Å²) in [5.41, 5.74) is 0.483. The minimum absolute atomic E-state index is 0.0986. The van der Waals surface area contributed by atoms with Gasteiger partial charge in [-0.2, -0.15) is 0 Å². The molecule has 6 heteroatoms. The Morgan fingerprint density at radius 1 is 1.59 bits per heavy atom. The number of thiophene rings is 1. The lowest BCUT2D eigenvalue weighted by molar-refractivity contribution is -0.140. The van der Waals surface area contributed by atoms with E-state index in [1.807, 2.05) is 13.8 Å². The Bertz CT molecular complexity index is 419. The number of carboxylic acid groups (broad SMARTS) is 1. The molecule has 0 aromatic carbocycles. The maximum absolute atomic E-state index is 11.8. The van der Waals surface area contributed by atoms with Crippen LogP contribution >= 0.6 is 27.3 Å². The number of carbonyl (C=O) groups is 2. The summed E-state index contributed by atoms with van der Waals surface area (Å²) in [6.45, 7) is 3.70. The van der Waals surface area contributed by atoms with E-state index >= 15 is 0 Å². The van der Waals surface area contributed by atoms with E-state index in [0.29, 0.717) is 12.0 Å². The number of amides is 1. The molecule has 1 heterocycles. The molecule has 0 saturated carbocycles. The lowest BCUT2D eigenvalue weighted by Gasteiger charge is -2.19. The van der Waals surface area contributed by atoms with Crippen molar-refractivity contribution >= 4 is 39.1 Å². The van der Waals surface area contributed by atoms with E-state index in [9.17, 15) is 9.59 Å². The molecule has 2 N–H and O–H groups in total. The fourth-order valence-electron chi connectivity index (χ4n) is 1.34. The summed E-state index contributed by atoms with van der Waals surface area (Å²) < 4.78 is 0.845. The van der Waals surface area contributed by atoms with Gasteiger partial charge in [0.25, 0.3) is 5.91 Å². The minimum atomic E-state index is -0.998. The number of rotatable bonds is 5. The first kappa shape index (κ1) is 14.2. The van der Waals surface area contributed by atoms with Crippen LogP contribution in [0.2, 0.25) is 0 Å². The lowest BCUT2D eigenvalue weighted by atomic mass is 9.99. The lowest BCUT2D eigenvalue weighted by Crippen LogP contribution is -2.44. The van der Waals surface area contributed by atoms with Gasteiger partial charge in [-0.1, -0.05) is 20.3 Å². The van der Waals surface area contributed by atoms with Crippen LogP contribution < -0.4 is 5.32 Å². The largest absolute Gasteiger partial charge is 0.480 e. The van der Waals surface area contributed by atoms with Crippen LogP contribution in [0.5, 0.6) is 0 Å². The predicted molar refractivity (Wildman–Crippen MR) is 70.4 cm³/mol. The third-order valence-electron chi connectivity index (χ3n) is 2.60. The summed E-state index contributed by atoms with van der Waals surface area (Å²) in [7, 11) is 0. The molecule has 0 bridgehead atoms. The highest BCUT2D eigenvalue weighted by atomic mass is 79.9. The number of halogens is 1. The van der Waals surface area contributed by atoms with E-state index in [1.54, 1.807) is 11.4 Å². The van der Waals surface area contributed by atoms with Crippen LogP contribution in [-0.2, 0) is 4.79 Å². The first-order chi connectivity index (χ1) is 7.95. The Labute approximate surface area is 112 Å². The van der Waals surface area contributed by atoms with E-state index in [1.165, 1.54) is 11.3 Å². The molecular weight excluding hydrogens is 306 g/mol. The first-order valence-corrected chi connectivity index (χ1v) is 6.90. The zero-order chi connectivity index (χ0) is 13.0. The average Bonchev–Trinajstić information content (AvgIpc) is 2.71. The van der Waals surface area contributed by atoms with Crippen molar-refractivity contribution in [2.45, 2.75) is 26.3 Å². The second-order valence-electron chi connectivity index (χ2n) is 3.81. The van der Waals surface area contributed by atoms with Crippen molar-refractivity contribution in [3.63, 3.8) is 0 Å². The number of carboxylic acids is 1. The van der Waals surface area contributed by atoms with E-state index < -0.39 is 12.0 Å². The highest BCUT2D eigenvalue weighted by molar-refractivity contribution is 9.11. The first-order valence-electron chi connectivity index (χ1n) is 5.23. The van der Waals surface area contributed by atoms with Crippen molar-refractivity contribution in [1.29, 1.82) is 0 Å². The van der Waals surface area contributed by atoms with Crippen molar-refractivity contribution in [1.82, 2.24) is 5.32 Å². The van der Waals surface area contributed by atoms with Gasteiger partial charge in [-0.15, -0.1) is 11.3 Å². The SMILES string of the molecule is CC[C@H](C)[C@H](NC(=O)c1csc(Br)c1)C(=O)O. The van der Waals surface area contributed by atoms with Crippen LogP contribution in [0.15, 0.2) is 15.2 Å². The molecule has 1 aromatic heterocycles. The van der Waals surface area contributed by atoms with Crippen molar-refractivity contribution in [2.24, 2.45) is 5.92 Å². The monoisotopic (exact) mass is 319 g/mol. The third kappa shape index (κ3) is 3.81. The Kier molecular flexibility index (Phi) is 5.14. The standard InChI is InChI=1S/C11H14BrNO3S/c1-3-6(2)9(11(15)16)13-10(14)7-4-8(12)17-5-7/h4-6,9H,3H2,1-2H3,(H,13,14)(H,15,16)/t6-,9-/m0/s1. The third-order valence-corrected chi connectivity index (χ3v) is 4.10. The smallest absolute Gasteiger partial charge is 0.326 e. The van der Waals surface area contributed by atoms with Crippen LogP contribution in [-0.4, -0.2) is 23.0 Å². The molecule has 0 saturated heterocycles. The fourth-order valence-corrected chi connectivity index (χ4v) is 2.47. The summed E-state index contributed by atoms with van der Waals surface area (Å²) in [5, 5.41) is 13.3. The minimum Gasteiger partial charge on any atom is -0.480 e. The Morgan fingerprint density at radius 3 is 2.65 bits per heavy atom. The molecule has 4 nitrogen and oxygen atoms in total. The molecule has 1 aromatic rings. The highest BCUT2D eigenvalue weighted by Gasteiger charge is 2.25. The number of hydrogen-bond donors (Lipinski definition) is 2. The maximum atomic E-state index is 11.8. The molecule has 0 aliphatic rings. The summed E-state index contributed by atoms with van der Waals surface area (Å²) in [5.74, 6) is -1.44. The van der Waals surface area contributed by atoms with Gasteiger partial charge in [0, 0.05) is 5.38 Å². The van der Waals surface area contributed by atoms with Gasteiger partial charge in [0.2, 0.25) is 0 Å². The number of hydrogen-bond acceptors (Lipinski definition) is 3. The Morgan fingerprint density at radius 2 is 2.24 bits per heavy atom. The Balaban J connectivity index is 2.74. The van der Waals surface area contributed by atoms with E-state index in [2.05, 4.69) is 21.2 Å². The highest BCUT2D eigenvalue weighted by Crippen LogP contribution is 2.21. The quantitative estimate of drug-likeness (QED) is 0.877. The molecule has 0 spiro atoms. The van der Waals surface area contributed by atoms with Gasteiger partial charge in [-0.25, -0.2) is 4.79 Å². The van der Waals surface area contributed by atoms with Gasteiger partial charge in [0.1, 0.15) is 6.04 Å². The predicted octanol–water partition coefficient (Wildman–Crippen LogP) is 2.74. The zero-order valence-corrected chi connectivity index (χ0v) is 12.0. The van der Waals surface area contributed by atoms with Gasteiger partial charge in [0.15, 0.2) is 0 Å². The number of carbonyl (C=O) groups excluding carboxylic acids is 1. The van der Waals surface area contributed by atoms with Crippen LogP contribution in [0.4, 0.5) is 0 Å². The molecule has 1 amide bonds. The van der Waals surface area contributed by atoms with E-state index in [0.717, 1.165) is 3.79 Å². The van der Waals surface area contributed by atoms with Gasteiger partial charge >= 0.3 is 5.97 Å². The van der Waals surface area contributed by atoms with Crippen LogP contribution in [0.25, 0.3) is 0 Å². The van der Waals surface area contributed by atoms with Crippen LogP contribution in [0.3, 0.4) is 0 Å². The van der Waals surface area contributed by atoms with Crippen LogP contribution in [0, 0.1) is 5.92 Å². The van der Waals surface area contributed by atoms with Gasteiger partial charge in [-0.05, 0) is 27.9 Å². The Hall–Kier alpha value is -0.880. The number of nitrogens with one attached hydrogen (secondary N) is 1. The van der Waals surface area contributed by atoms with E-state index in [4.69, 9.17) is 5.11 Å². The van der Waals surface area contributed by atoms with Crippen molar-refractivity contribution < 1.29 is 14.7 Å². The van der Waals surface area contributed by atoms with Gasteiger partial charge < -0.3 is 10.4 Å². The summed E-state index contributed by atoms with van der Waals surface area (Å²) in [6, 6.07) is 0.835. The summed E-state index contributed by atoms with van der Waals surface area (Å²) >= 11 is 4.65. The summed E-state index contributed by atoms with van der Waals surface area (Å²) in [4.78, 5) is 22.9. The zero-order valence-electron chi connectivity index (χ0n) is 9.57.